The van der Waals surface area contributed by atoms with Gasteiger partial charge in [0.25, 0.3) is 5.91 Å². The molecule has 2 aromatic heterocycles. The summed E-state index contributed by atoms with van der Waals surface area (Å²) in [6.07, 6.45) is 3.86. The molecule has 1 fully saturated rings. The maximum atomic E-state index is 13.3. The van der Waals surface area contributed by atoms with Gasteiger partial charge < -0.3 is 10.2 Å². The molecule has 25 heavy (non-hydrogen) atoms. The van der Waals surface area contributed by atoms with Crippen LogP contribution in [0, 0.1) is 5.82 Å². The highest BCUT2D eigenvalue weighted by atomic mass is 19.1. The second-order valence-electron chi connectivity index (χ2n) is 5.92. The molecule has 3 heterocycles. The molecule has 3 aromatic rings. The number of hydrogen-bond donors (Lipinski definition) is 1. The summed E-state index contributed by atoms with van der Waals surface area (Å²) in [6, 6.07) is 6.02. The number of anilines is 1. The van der Waals surface area contributed by atoms with Crippen LogP contribution in [-0.2, 0) is 0 Å². The highest BCUT2D eigenvalue weighted by Crippen LogP contribution is 2.29. The van der Waals surface area contributed by atoms with Crippen LogP contribution in [0.3, 0.4) is 0 Å². The molecule has 1 aliphatic heterocycles. The van der Waals surface area contributed by atoms with E-state index in [-0.39, 0.29) is 17.5 Å². The fourth-order valence-corrected chi connectivity index (χ4v) is 3.03. The van der Waals surface area contributed by atoms with Gasteiger partial charge in [-0.3, -0.25) is 4.79 Å². The third-order valence-corrected chi connectivity index (χ3v) is 4.31. The molecular weight excluding hydrogens is 323 g/mol. The van der Waals surface area contributed by atoms with Crippen LogP contribution in [0.25, 0.3) is 16.7 Å². The lowest BCUT2D eigenvalue weighted by molar-refractivity contribution is 0.0953. The number of nitrogens with one attached hydrogen (secondary N) is 1. The highest BCUT2D eigenvalue weighted by Gasteiger charge is 2.23. The minimum Gasteiger partial charge on any atom is -0.355 e. The average molecular weight is 340 g/mol. The van der Waals surface area contributed by atoms with Gasteiger partial charge in [-0.1, -0.05) is 0 Å². The summed E-state index contributed by atoms with van der Waals surface area (Å²) < 4.78 is 14.9. The van der Waals surface area contributed by atoms with Gasteiger partial charge in [-0.2, -0.15) is 0 Å². The molecule has 0 bridgehead atoms. The summed E-state index contributed by atoms with van der Waals surface area (Å²) >= 11 is 0. The van der Waals surface area contributed by atoms with Crippen LogP contribution in [0.5, 0.6) is 0 Å². The summed E-state index contributed by atoms with van der Waals surface area (Å²) in [5.74, 6) is 0.184. The van der Waals surface area contributed by atoms with Crippen LogP contribution in [0.2, 0.25) is 0 Å². The number of benzene rings is 1. The monoisotopic (exact) mass is 340 g/mol. The summed E-state index contributed by atoms with van der Waals surface area (Å²) in [5.41, 5.74) is 1.21. The molecule has 1 N–H and O–H groups in total. The number of hydrogen-bond acceptors (Lipinski definition) is 5. The van der Waals surface area contributed by atoms with E-state index in [2.05, 4.69) is 25.3 Å². The fraction of sp³-hybridized carbons (Fsp3) is 0.294. The van der Waals surface area contributed by atoms with Gasteiger partial charge in [0.05, 0.1) is 11.1 Å². The number of carbonyl (C=O) groups excluding carboxylic acids is 1. The van der Waals surface area contributed by atoms with Gasteiger partial charge in [-0.15, -0.1) is 5.10 Å². The molecule has 1 saturated heterocycles. The normalized spacial score (nSPS) is 14.2. The topological polar surface area (TPSA) is 75.9 Å². The Morgan fingerprint density at radius 3 is 2.60 bits per heavy atom. The zero-order chi connectivity index (χ0) is 17.4. The van der Waals surface area contributed by atoms with Crippen LogP contribution in [0.15, 0.2) is 30.5 Å². The van der Waals surface area contributed by atoms with Crippen molar-refractivity contribution < 1.29 is 9.18 Å². The maximum Gasteiger partial charge on any atom is 0.288 e. The minimum atomic E-state index is -0.364. The van der Waals surface area contributed by atoms with E-state index in [0.29, 0.717) is 11.3 Å². The molecule has 0 radical (unpaired) electrons. The van der Waals surface area contributed by atoms with Gasteiger partial charge in [0, 0.05) is 26.3 Å². The molecule has 0 spiro atoms. The van der Waals surface area contributed by atoms with E-state index in [4.69, 9.17) is 0 Å². The van der Waals surface area contributed by atoms with E-state index >= 15 is 0 Å². The molecule has 0 aliphatic carbocycles. The van der Waals surface area contributed by atoms with Crippen molar-refractivity contribution in [2.24, 2.45) is 0 Å². The maximum absolute atomic E-state index is 13.3. The first kappa shape index (κ1) is 15.5. The van der Waals surface area contributed by atoms with E-state index in [1.807, 2.05) is 0 Å². The van der Waals surface area contributed by atoms with Gasteiger partial charge in [-0.25, -0.2) is 19.0 Å². The lowest BCUT2D eigenvalue weighted by Gasteiger charge is -2.13. The molecule has 1 amide bonds. The Bertz CT molecular complexity index is 930. The Labute approximate surface area is 143 Å². The van der Waals surface area contributed by atoms with Gasteiger partial charge in [0.15, 0.2) is 11.5 Å². The number of nitrogens with zero attached hydrogens (tertiary/aromatic N) is 5. The number of amides is 1. The van der Waals surface area contributed by atoms with E-state index in [1.54, 1.807) is 23.0 Å². The van der Waals surface area contributed by atoms with Crippen molar-refractivity contribution in [1.29, 1.82) is 0 Å². The lowest BCUT2D eigenvalue weighted by Crippen LogP contribution is -2.21. The first-order valence-corrected chi connectivity index (χ1v) is 8.16. The van der Waals surface area contributed by atoms with Crippen molar-refractivity contribution >= 4 is 22.8 Å². The smallest absolute Gasteiger partial charge is 0.288 e. The van der Waals surface area contributed by atoms with Crippen LogP contribution >= 0.6 is 0 Å². The first-order valence-electron chi connectivity index (χ1n) is 8.16. The summed E-state index contributed by atoms with van der Waals surface area (Å²) in [4.78, 5) is 22.6. The molecule has 7 nitrogen and oxygen atoms in total. The number of rotatable bonds is 3. The van der Waals surface area contributed by atoms with Crippen LogP contribution in [0.4, 0.5) is 10.2 Å². The first-order chi connectivity index (χ1) is 12.2. The third-order valence-electron chi connectivity index (χ3n) is 4.31. The van der Waals surface area contributed by atoms with Crippen molar-refractivity contribution in [2.75, 3.05) is 25.0 Å². The van der Waals surface area contributed by atoms with E-state index in [1.165, 1.54) is 19.2 Å². The minimum absolute atomic E-state index is 0.0752. The molecular formula is C17H17FN6O. The molecule has 4 rings (SSSR count). The standard InChI is InChI=1S/C17H17FN6O/c1-19-17(25)14-20-10-13-15(21-14)24(12-6-4-11(18)5-7-12)22-16(13)23-8-2-3-9-23/h4-7,10H,2-3,8-9H2,1H3,(H,19,25). The predicted octanol–water partition coefficient (Wildman–Crippen LogP) is 1.91. The average Bonchev–Trinajstić information content (AvgIpc) is 3.28. The van der Waals surface area contributed by atoms with Crippen molar-refractivity contribution in [1.82, 2.24) is 25.1 Å². The van der Waals surface area contributed by atoms with Gasteiger partial charge >= 0.3 is 0 Å². The molecule has 0 unspecified atom stereocenters. The van der Waals surface area contributed by atoms with E-state index in [9.17, 15) is 9.18 Å². The Hall–Kier alpha value is -3.03. The number of carbonyl (C=O) groups is 1. The second-order valence-corrected chi connectivity index (χ2v) is 5.92. The predicted molar refractivity (Wildman–Crippen MR) is 91.5 cm³/mol. The summed E-state index contributed by atoms with van der Waals surface area (Å²) in [6.45, 7) is 1.85. The SMILES string of the molecule is CNC(=O)c1ncc2c(N3CCCC3)nn(-c3ccc(F)cc3)c2n1. The second kappa shape index (κ2) is 6.12. The van der Waals surface area contributed by atoms with Crippen LogP contribution < -0.4 is 10.2 Å². The largest absolute Gasteiger partial charge is 0.355 e. The highest BCUT2D eigenvalue weighted by molar-refractivity contribution is 5.94. The van der Waals surface area contributed by atoms with Crippen molar-refractivity contribution in [2.45, 2.75) is 12.8 Å². The van der Waals surface area contributed by atoms with Crippen molar-refractivity contribution in [3.63, 3.8) is 0 Å². The summed E-state index contributed by atoms with van der Waals surface area (Å²) in [5, 5.41) is 7.98. The Kier molecular flexibility index (Phi) is 3.79. The Morgan fingerprint density at radius 1 is 1.20 bits per heavy atom. The Balaban J connectivity index is 1.92. The third kappa shape index (κ3) is 2.69. The lowest BCUT2D eigenvalue weighted by atomic mass is 10.3. The van der Waals surface area contributed by atoms with Gasteiger partial charge in [0.2, 0.25) is 5.82 Å². The van der Waals surface area contributed by atoms with Crippen LogP contribution in [0.1, 0.15) is 23.5 Å². The number of fused-ring (bicyclic) bond motifs is 1. The molecule has 0 saturated carbocycles. The molecule has 8 heteroatoms. The van der Waals surface area contributed by atoms with E-state index < -0.39 is 0 Å². The molecule has 128 valence electrons. The zero-order valence-electron chi connectivity index (χ0n) is 13.7. The molecule has 0 atom stereocenters. The Morgan fingerprint density at radius 2 is 1.92 bits per heavy atom. The summed E-state index contributed by atoms with van der Waals surface area (Å²) in [7, 11) is 1.53. The molecule has 1 aliphatic rings. The van der Waals surface area contributed by atoms with Crippen molar-refractivity contribution in [3.8, 4) is 5.69 Å². The van der Waals surface area contributed by atoms with Crippen LogP contribution in [-0.4, -0.2) is 45.8 Å². The number of aromatic nitrogens is 4. The quantitative estimate of drug-likeness (QED) is 0.788. The molecule has 1 aromatic carbocycles. The number of halogens is 1. The zero-order valence-corrected chi connectivity index (χ0v) is 13.7. The fourth-order valence-electron chi connectivity index (χ4n) is 3.03. The van der Waals surface area contributed by atoms with E-state index in [0.717, 1.165) is 37.1 Å². The van der Waals surface area contributed by atoms with Gasteiger partial charge in [0.1, 0.15) is 5.82 Å². The van der Waals surface area contributed by atoms with Crippen molar-refractivity contribution in [3.05, 3.63) is 42.1 Å². The van der Waals surface area contributed by atoms with Gasteiger partial charge in [-0.05, 0) is 37.1 Å².